The second-order valence-corrected chi connectivity index (χ2v) is 7.99. The van der Waals surface area contributed by atoms with Crippen LogP contribution < -0.4 is 14.2 Å². The number of carbonyl (C=O) groups is 1. The van der Waals surface area contributed by atoms with E-state index in [2.05, 4.69) is 9.72 Å². The Bertz CT molecular complexity index is 1040. The van der Waals surface area contributed by atoms with Crippen LogP contribution in [0.5, 0.6) is 11.5 Å². The topological polar surface area (TPSA) is 97.8 Å². The van der Waals surface area contributed by atoms with Crippen molar-refractivity contribution < 1.29 is 44.7 Å². The maximum Gasteiger partial charge on any atom is 0.357 e. The van der Waals surface area contributed by atoms with E-state index in [0.29, 0.717) is 0 Å². The average Bonchev–Trinajstić information content (AvgIpc) is 2.73. The maximum absolute atomic E-state index is 14.2. The fourth-order valence-corrected chi connectivity index (χ4v) is 3.21. The summed E-state index contributed by atoms with van der Waals surface area (Å²) in [5.74, 6) is -6.99. The fraction of sp³-hybridized carbons (Fsp3) is 0.250. The largest absolute Gasteiger partial charge is 0.466 e. The predicted octanol–water partition coefficient (Wildman–Crippen LogP) is 3.69. The Hall–Kier alpha value is -2.42. The number of ether oxygens (including phenoxy) is 2. The van der Waals surface area contributed by atoms with Gasteiger partial charge in [0.2, 0.25) is 5.56 Å². The van der Waals surface area contributed by atoms with E-state index in [0.717, 1.165) is 18.5 Å². The Labute approximate surface area is 187 Å². The van der Waals surface area contributed by atoms with E-state index in [-0.39, 0.29) is 5.56 Å². The molecule has 32 heavy (non-hydrogen) atoms. The van der Waals surface area contributed by atoms with E-state index in [9.17, 15) is 35.3 Å². The zero-order valence-corrected chi connectivity index (χ0v) is 17.7. The lowest BCUT2D eigenvalue weighted by Crippen LogP contribution is -2.44. The molecule has 0 spiro atoms. The third-order valence-corrected chi connectivity index (χ3v) is 5.25. The highest BCUT2D eigenvalue weighted by Crippen LogP contribution is 2.33. The molecule has 2 unspecified atom stereocenters. The first-order chi connectivity index (χ1) is 14.8. The second-order valence-electron chi connectivity index (χ2n) is 5.72. The quantitative estimate of drug-likeness (QED) is 0.168. The number of hydrogen-bond donors (Lipinski definition) is 1. The van der Waals surface area contributed by atoms with E-state index in [1.54, 1.807) is 6.07 Å². The van der Waals surface area contributed by atoms with Gasteiger partial charge in [-0.15, -0.1) is 4.48 Å². The van der Waals surface area contributed by atoms with Gasteiger partial charge in [0.25, 0.3) is 11.6 Å². The van der Waals surface area contributed by atoms with Crippen LogP contribution in [0.4, 0.5) is 22.0 Å². The van der Waals surface area contributed by atoms with Crippen LogP contribution in [-0.2, 0) is 10.2 Å². The molecule has 0 saturated heterocycles. The first-order valence-corrected chi connectivity index (χ1v) is 10.5. The minimum Gasteiger partial charge on any atom is -0.466 e. The van der Waals surface area contributed by atoms with Crippen LogP contribution in [0.2, 0.25) is 0 Å². The lowest BCUT2D eigenvalue weighted by atomic mass is 10.2. The lowest BCUT2D eigenvalue weighted by molar-refractivity contribution is -0.161. The highest BCUT2D eigenvalue weighted by Gasteiger charge is 2.50. The standard InChI is InChI=1S/C16H12Cl2F5N3O5S/c17-13(16(21,22)14(19)20)30-10-6-11(8-24-7-10)31-15(18)26(23)32(28,29)25-12(27)9-4-2-1-3-5-9/h1-8,13-15H,(H,25,27). The van der Waals surface area contributed by atoms with Crippen LogP contribution in [0.3, 0.4) is 0 Å². The summed E-state index contributed by atoms with van der Waals surface area (Å²) in [6.45, 7) is 0. The number of rotatable bonds is 10. The van der Waals surface area contributed by atoms with Crippen LogP contribution in [0, 0.1) is 0 Å². The van der Waals surface area contributed by atoms with Crippen LogP contribution in [0.15, 0.2) is 48.8 Å². The smallest absolute Gasteiger partial charge is 0.357 e. The number of amides is 1. The van der Waals surface area contributed by atoms with E-state index in [1.165, 1.54) is 29.0 Å². The minimum absolute atomic E-state index is 0.0956. The molecule has 1 amide bonds. The number of carbonyl (C=O) groups excluding carboxylic acids is 1. The lowest BCUT2D eigenvalue weighted by Gasteiger charge is -2.22. The zero-order chi connectivity index (χ0) is 24.1. The summed E-state index contributed by atoms with van der Waals surface area (Å²) in [6.07, 6.45) is -2.49. The molecule has 0 saturated carbocycles. The number of benzene rings is 1. The van der Waals surface area contributed by atoms with Gasteiger partial charge >= 0.3 is 22.6 Å². The zero-order valence-electron chi connectivity index (χ0n) is 15.3. The average molecular weight is 524 g/mol. The minimum atomic E-state index is -5.13. The van der Waals surface area contributed by atoms with E-state index in [4.69, 9.17) is 27.9 Å². The molecule has 0 aliphatic heterocycles. The van der Waals surface area contributed by atoms with Crippen molar-refractivity contribution in [1.82, 2.24) is 14.2 Å². The van der Waals surface area contributed by atoms with E-state index < -0.39 is 55.7 Å². The molecule has 176 valence electrons. The van der Waals surface area contributed by atoms with Crippen molar-refractivity contribution in [3.8, 4) is 11.5 Å². The van der Waals surface area contributed by atoms with Crippen molar-refractivity contribution in [2.45, 2.75) is 23.6 Å². The van der Waals surface area contributed by atoms with Gasteiger partial charge in [-0.1, -0.05) is 41.4 Å². The molecule has 1 aromatic carbocycles. The predicted molar refractivity (Wildman–Crippen MR) is 102 cm³/mol. The second kappa shape index (κ2) is 10.5. The number of alkyl halides is 6. The summed E-state index contributed by atoms with van der Waals surface area (Å²) in [6, 6.07) is 7.71. The summed E-state index contributed by atoms with van der Waals surface area (Å²) in [5.41, 5.74) is -5.29. The molecule has 1 aromatic heterocycles. The molecule has 1 N–H and O–H groups in total. The summed E-state index contributed by atoms with van der Waals surface area (Å²) in [5, 5.41) is 0. The highest BCUT2D eigenvalue weighted by atomic mass is 35.5. The monoisotopic (exact) mass is 523 g/mol. The van der Waals surface area contributed by atoms with E-state index in [1.807, 2.05) is 0 Å². The van der Waals surface area contributed by atoms with Gasteiger partial charge in [0, 0.05) is 16.2 Å². The van der Waals surface area contributed by atoms with Crippen LogP contribution in [-0.4, -0.2) is 47.4 Å². The molecular weight excluding hydrogens is 512 g/mol. The van der Waals surface area contributed by atoms with Crippen molar-refractivity contribution >= 4 is 39.3 Å². The molecule has 2 atom stereocenters. The molecule has 8 nitrogen and oxygen atoms in total. The summed E-state index contributed by atoms with van der Waals surface area (Å²) in [7, 11) is -5.13. The van der Waals surface area contributed by atoms with Crippen molar-refractivity contribution in [1.29, 1.82) is 0 Å². The number of hydrogen-bond acceptors (Lipinski definition) is 6. The van der Waals surface area contributed by atoms with Crippen molar-refractivity contribution in [2.75, 3.05) is 0 Å². The number of nitrogens with zero attached hydrogens (tertiary/aromatic N) is 2. The third kappa shape index (κ3) is 6.54. The van der Waals surface area contributed by atoms with Crippen molar-refractivity contribution in [2.24, 2.45) is 0 Å². The van der Waals surface area contributed by atoms with Gasteiger partial charge < -0.3 is 9.47 Å². The molecule has 0 fully saturated rings. The Morgan fingerprint density at radius 2 is 1.66 bits per heavy atom. The Morgan fingerprint density at radius 1 is 1.09 bits per heavy atom. The molecule has 2 rings (SSSR count). The fourth-order valence-electron chi connectivity index (χ4n) is 1.90. The number of aromatic nitrogens is 1. The SMILES string of the molecule is O=C(NS(=O)(=O)N(F)C(Cl)Oc1cncc(OC(Cl)C(F)(F)C(F)F)c1)c1ccccc1. The molecule has 16 heteroatoms. The summed E-state index contributed by atoms with van der Waals surface area (Å²) in [4.78, 5) is 15.4. The number of pyridine rings is 1. The number of halogens is 7. The Morgan fingerprint density at radius 3 is 2.22 bits per heavy atom. The summed E-state index contributed by atoms with van der Waals surface area (Å²) >= 11 is 10.7. The molecule has 0 aliphatic rings. The third-order valence-electron chi connectivity index (χ3n) is 3.40. The van der Waals surface area contributed by atoms with Gasteiger partial charge in [0.15, 0.2) is 0 Å². The molecule has 1 heterocycles. The van der Waals surface area contributed by atoms with Crippen molar-refractivity contribution in [3.05, 3.63) is 54.4 Å². The van der Waals surface area contributed by atoms with Gasteiger partial charge in [0.05, 0.1) is 12.4 Å². The van der Waals surface area contributed by atoms with Gasteiger partial charge in [-0.05, 0) is 12.1 Å². The first kappa shape index (κ1) is 25.8. The first-order valence-electron chi connectivity index (χ1n) is 8.14. The van der Waals surface area contributed by atoms with Crippen LogP contribution in [0.1, 0.15) is 10.4 Å². The Kier molecular flexibility index (Phi) is 8.45. The van der Waals surface area contributed by atoms with Gasteiger partial charge in [-0.25, -0.2) is 13.5 Å². The molecule has 2 aromatic rings. The maximum atomic E-state index is 14.2. The van der Waals surface area contributed by atoms with Gasteiger partial charge in [-0.2, -0.15) is 17.2 Å². The number of nitrogens with one attached hydrogen (secondary N) is 1. The molecule has 0 radical (unpaired) electrons. The molecular formula is C16H12Cl2F5N3O5S. The summed E-state index contributed by atoms with van der Waals surface area (Å²) < 4.78 is 98.7. The van der Waals surface area contributed by atoms with Crippen molar-refractivity contribution in [3.63, 3.8) is 0 Å². The normalized spacial score (nSPS) is 14.2. The van der Waals surface area contributed by atoms with Crippen LogP contribution >= 0.6 is 23.2 Å². The van der Waals surface area contributed by atoms with Crippen LogP contribution in [0.25, 0.3) is 0 Å². The molecule has 0 bridgehead atoms. The van der Waals surface area contributed by atoms with E-state index >= 15 is 0 Å². The van der Waals surface area contributed by atoms with Gasteiger partial charge in [-0.3, -0.25) is 9.78 Å². The Balaban J connectivity index is 2.06. The van der Waals surface area contributed by atoms with Gasteiger partial charge in [0.1, 0.15) is 11.5 Å². The highest BCUT2D eigenvalue weighted by molar-refractivity contribution is 7.87. The molecule has 0 aliphatic carbocycles.